The minimum atomic E-state index is -0.247. The van der Waals surface area contributed by atoms with E-state index in [0.717, 1.165) is 16.6 Å². The van der Waals surface area contributed by atoms with Crippen molar-refractivity contribution in [3.63, 3.8) is 0 Å². The van der Waals surface area contributed by atoms with Crippen LogP contribution in [0.15, 0.2) is 46.9 Å². The van der Waals surface area contributed by atoms with Crippen LogP contribution in [0.25, 0.3) is 0 Å². The third-order valence-corrected chi connectivity index (χ3v) is 4.16. The van der Waals surface area contributed by atoms with Crippen LogP contribution in [0.3, 0.4) is 0 Å². The lowest BCUT2D eigenvalue weighted by atomic mass is 9.92. The van der Waals surface area contributed by atoms with Gasteiger partial charge in [0.15, 0.2) is 0 Å². The molecular weight excluding hydrogens is 341 g/mol. The third-order valence-electron chi connectivity index (χ3n) is 3.27. The second-order valence-corrected chi connectivity index (χ2v) is 6.07. The molecule has 0 amide bonds. The van der Waals surface area contributed by atoms with E-state index in [-0.39, 0.29) is 11.7 Å². The summed E-state index contributed by atoms with van der Waals surface area (Å²) in [5.41, 5.74) is 2.05. The molecule has 0 aliphatic rings. The van der Waals surface area contributed by atoms with Crippen molar-refractivity contribution in [3.8, 4) is 0 Å². The highest BCUT2D eigenvalue weighted by Gasteiger charge is 2.14. The predicted octanol–water partition coefficient (Wildman–Crippen LogP) is 4.79. The second kappa shape index (κ2) is 7.21. The van der Waals surface area contributed by atoms with Crippen molar-refractivity contribution in [1.82, 2.24) is 5.32 Å². The van der Waals surface area contributed by atoms with Gasteiger partial charge in [-0.2, -0.15) is 0 Å². The molecule has 0 aliphatic carbocycles. The summed E-state index contributed by atoms with van der Waals surface area (Å²) in [5.74, 6) is 0.0100. The SMILES string of the molecule is CNCC(Cc1cc(F)ccc1Cl)c1ccc(Br)cc1. The summed E-state index contributed by atoms with van der Waals surface area (Å²) in [5, 5.41) is 3.80. The van der Waals surface area contributed by atoms with E-state index in [1.165, 1.54) is 17.7 Å². The molecule has 20 heavy (non-hydrogen) atoms. The minimum absolute atomic E-state index is 0.247. The molecule has 0 radical (unpaired) electrons. The summed E-state index contributed by atoms with van der Waals surface area (Å²) < 4.78 is 14.4. The molecule has 0 saturated heterocycles. The molecule has 0 saturated carbocycles. The van der Waals surface area contributed by atoms with Crippen LogP contribution in [0.5, 0.6) is 0 Å². The standard InChI is InChI=1S/C16H16BrClFN/c1-20-10-13(11-2-4-14(17)5-3-11)8-12-9-15(19)6-7-16(12)18/h2-7,9,13,20H,8,10H2,1H3. The molecule has 0 heterocycles. The molecule has 0 fully saturated rings. The Kier molecular flexibility index (Phi) is 5.58. The number of rotatable bonds is 5. The van der Waals surface area contributed by atoms with Gasteiger partial charge in [0.05, 0.1) is 0 Å². The Morgan fingerprint density at radius 3 is 2.55 bits per heavy atom. The molecule has 1 unspecified atom stereocenters. The van der Waals surface area contributed by atoms with Crippen LogP contribution in [0.1, 0.15) is 17.0 Å². The van der Waals surface area contributed by atoms with Gasteiger partial charge in [-0.1, -0.05) is 39.7 Å². The highest BCUT2D eigenvalue weighted by atomic mass is 79.9. The Balaban J connectivity index is 2.25. The molecule has 0 spiro atoms. The van der Waals surface area contributed by atoms with E-state index in [2.05, 4.69) is 33.4 Å². The monoisotopic (exact) mass is 355 g/mol. The second-order valence-electron chi connectivity index (χ2n) is 4.75. The summed E-state index contributed by atoms with van der Waals surface area (Å²) in [6.45, 7) is 0.814. The Labute approximate surface area is 132 Å². The summed E-state index contributed by atoms with van der Waals surface area (Å²) >= 11 is 9.59. The highest BCUT2D eigenvalue weighted by Crippen LogP contribution is 2.26. The quantitative estimate of drug-likeness (QED) is 0.812. The molecule has 0 aliphatic heterocycles. The average molecular weight is 357 g/mol. The first-order valence-electron chi connectivity index (χ1n) is 6.44. The summed E-state index contributed by atoms with van der Waals surface area (Å²) in [6, 6.07) is 12.7. The lowest BCUT2D eigenvalue weighted by Gasteiger charge is -2.18. The fourth-order valence-corrected chi connectivity index (χ4v) is 2.71. The Morgan fingerprint density at radius 1 is 1.20 bits per heavy atom. The molecular formula is C16H16BrClFN. The first kappa shape index (κ1) is 15.5. The smallest absolute Gasteiger partial charge is 0.123 e. The Morgan fingerprint density at radius 2 is 1.90 bits per heavy atom. The largest absolute Gasteiger partial charge is 0.319 e. The van der Waals surface area contributed by atoms with Crippen molar-refractivity contribution in [3.05, 3.63) is 68.9 Å². The zero-order chi connectivity index (χ0) is 14.5. The van der Waals surface area contributed by atoms with Crippen molar-refractivity contribution >= 4 is 27.5 Å². The van der Waals surface area contributed by atoms with E-state index < -0.39 is 0 Å². The molecule has 2 rings (SSSR count). The van der Waals surface area contributed by atoms with E-state index in [1.54, 1.807) is 6.07 Å². The van der Waals surface area contributed by atoms with Gasteiger partial charge in [0.2, 0.25) is 0 Å². The van der Waals surface area contributed by atoms with Gasteiger partial charge in [0, 0.05) is 22.0 Å². The molecule has 4 heteroatoms. The fourth-order valence-electron chi connectivity index (χ4n) is 2.25. The lowest BCUT2D eigenvalue weighted by Crippen LogP contribution is -2.19. The number of nitrogens with one attached hydrogen (secondary N) is 1. The van der Waals surface area contributed by atoms with Crippen molar-refractivity contribution in [1.29, 1.82) is 0 Å². The number of likely N-dealkylation sites (N-methyl/N-ethyl adjacent to an activating group) is 1. The minimum Gasteiger partial charge on any atom is -0.319 e. The number of halogens is 3. The zero-order valence-corrected chi connectivity index (χ0v) is 13.5. The predicted molar refractivity (Wildman–Crippen MR) is 85.9 cm³/mol. The number of benzene rings is 2. The van der Waals surface area contributed by atoms with Crippen molar-refractivity contribution in [2.45, 2.75) is 12.3 Å². The normalized spacial score (nSPS) is 12.4. The van der Waals surface area contributed by atoms with Gasteiger partial charge in [-0.05, 0) is 54.9 Å². The molecule has 106 valence electrons. The van der Waals surface area contributed by atoms with Gasteiger partial charge in [-0.15, -0.1) is 0 Å². The summed E-state index contributed by atoms with van der Waals surface area (Å²) in [7, 11) is 1.92. The van der Waals surface area contributed by atoms with E-state index in [0.29, 0.717) is 11.4 Å². The lowest BCUT2D eigenvalue weighted by molar-refractivity contribution is 0.608. The fraction of sp³-hybridized carbons (Fsp3) is 0.250. The van der Waals surface area contributed by atoms with Gasteiger partial charge >= 0.3 is 0 Å². The van der Waals surface area contributed by atoms with Gasteiger partial charge in [-0.3, -0.25) is 0 Å². The van der Waals surface area contributed by atoms with Crippen molar-refractivity contribution in [2.24, 2.45) is 0 Å². The van der Waals surface area contributed by atoms with Gasteiger partial charge < -0.3 is 5.32 Å². The van der Waals surface area contributed by atoms with E-state index in [9.17, 15) is 4.39 Å². The van der Waals surface area contributed by atoms with Crippen LogP contribution in [0.2, 0.25) is 5.02 Å². The van der Waals surface area contributed by atoms with Crippen molar-refractivity contribution in [2.75, 3.05) is 13.6 Å². The van der Waals surface area contributed by atoms with Crippen LogP contribution in [-0.2, 0) is 6.42 Å². The third kappa shape index (κ3) is 4.05. The topological polar surface area (TPSA) is 12.0 Å². The Hall–Kier alpha value is -0.900. The first-order chi connectivity index (χ1) is 9.60. The van der Waals surface area contributed by atoms with Crippen LogP contribution < -0.4 is 5.32 Å². The molecule has 1 N–H and O–H groups in total. The maximum absolute atomic E-state index is 13.4. The van der Waals surface area contributed by atoms with E-state index in [4.69, 9.17) is 11.6 Å². The maximum Gasteiger partial charge on any atom is 0.123 e. The zero-order valence-electron chi connectivity index (χ0n) is 11.2. The van der Waals surface area contributed by atoms with Gasteiger partial charge in [-0.25, -0.2) is 4.39 Å². The molecule has 2 aromatic carbocycles. The molecule has 2 aromatic rings. The van der Waals surface area contributed by atoms with E-state index in [1.807, 2.05) is 19.2 Å². The molecule has 1 atom stereocenters. The van der Waals surface area contributed by atoms with Crippen LogP contribution in [0, 0.1) is 5.82 Å². The van der Waals surface area contributed by atoms with Gasteiger partial charge in [0.1, 0.15) is 5.82 Å². The molecule has 0 bridgehead atoms. The van der Waals surface area contributed by atoms with Crippen LogP contribution in [0.4, 0.5) is 4.39 Å². The Bertz CT molecular complexity index is 571. The number of hydrogen-bond acceptors (Lipinski definition) is 1. The van der Waals surface area contributed by atoms with E-state index >= 15 is 0 Å². The number of hydrogen-bond donors (Lipinski definition) is 1. The average Bonchev–Trinajstić information content (AvgIpc) is 2.43. The molecule has 0 aromatic heterocycles. The van der Waals surface area contributed by atoms with Crippen LogP contribution >= 0.6 is 27.5 Å². The summed E-state index contributed by atoms with van der Waals surface area (Å²) in [4.78, 5) is 0. The highest BCUT2D eigenvalue weighted by molar-refractivity contribution is 9.10. The maximum atomic E-state index is 13.4. The van der Waals surface area contributed by atoms with Crippen molar-refractivity contribution < 1.29 is 4.39 Å². The summed E-state index contributed by atoms with van der Waals surface area (Å²) in [6.07, 6.45) is 0.707. The molecule has 1 nitrogen and oxygen atoms in total. The van der Waals surface area contributed by atoms with Crippen LogP contribution in [-0.4, -0.2) is 13.6 Å². The first-order valence-corrected chi connectivity index (χ1v) is 7.61. The van der Waals surface area contributed by atoms with Gasteiger partial charge in [0.25, 0.3) is 0 Å².